The number of carbonyl (C=O) groups is 5. The molecule has 282 valence electrons. The number of hydrogen-bond acceptors (Lipinski definition) is 12. The number of ether oxygens (including phenoxy) is 7. The molecule has 5 atom stereocenters. The van der Waals surface area contributed by atoms with Crippen LogP contribution < -0.4 is 9.47 Å². The van der Waals surface area contributed by atoms with E-state index in [1.165, 1.54) is 6.92 Å². The van der Waals surface area contributed by atoms with Crippen LogP contribution in [0.25, 0.3) is 6.08 Å². The summed E-state index contributed by atoms with van der Waals surface area (Å²) in [6.45, 7) is 8.33. The van der Waals surface area contributed by atoms with Crippen LogP contribution in [0.2, 0.25) is 0 Å². The van der Waals surface area contributed by atoms with E-state index in [0.29, 0.717) is 17.9 Å². The van der Waals surface area contributed by atoms with Crippen molar-refractivity contribution >= 4 is 35.9 Å². The smallest absolute Gasteiger partial charge is 0.307 e. The Kier molecular flexibility index (Phi) is 14.1. The lowest BCUT2D eigenvalue weighted by molar-refractivity contribution is -0.288. The van der Waals surface area contributed by atoms with Gasteiger partial charge in [-0.1, -0.05) is 60.7 Å². The first-order chi connectivity index (χ1) is 25.2. The molecule has 53 heavy (non-hydrogen) atoms. The largest absolute Gasteiger partial charge is 0.489 e. The highest BCUT2D eigenvalue weighted by Crippen LogP contribution is 2.36. The van der Waals surface area contributed by atoms with Crippen LogP contribution in [0.15, 0.2) is 66.7 Å². The van der Waals surface area contributed by atoms with Crippen LogP contribution in [-0.4, -0.2) is 72.3 Å². The highest BCUT2D eigenvalue weighted by atomic mass is 16.7. The van der Waals surface area contributed by atoms with Crippen LogP contribution in [0.3, 0.4) is 0 Å². The number of benzene rings is 3. The molecule has 3 aromatic rings. The van der Waals surface area contributed by atoms with Gasteiger partial charge in [0, 0.05) is 45.7 Å². The van der Waals surface area contributed by atoms with Crippen molar-refractivity contribution in [2.24, 2.45) is 0 Å². The van der Waals surface area contributed by atoms with Crippen molar-refractivity contribution in [2.75, 3.05) is 6.61 Å². The summed E-state index contributed by atoms with van der Waals surface area (Å²) in [6, 6.07) is 18.9. The number of rotatable bonds is 15. The molecule has 1 fully saturated rings. The Balaban J connectivity index is 1.79. The lowest BCUT2D eigenvalue weighted by Crippen LogP contribution is -2.63. The second kappa shape index (κ2) is 18.7. The molecular formula is C40H44O13. The fourth-order valence-corrected chi connectivity index (χ4v) is 5.82. The summed E-state index contributed by atoms with van der Waals surface area (Å²) in [5, 5.41) is 8.99. The fourth-order valence-electron chi connectivity index (χ4n) is 5.82. The van der Waals surface area contributed by atoms with Crippen LogP contribution in [0.4, 0.5) is 0 Å². The lowest BCUT2D eigenvalue weighted by atomic mass is 9.94. The maximum atomic E-state index is 12.5. The molecule has 0 aromatic heterocycles. The van der Waals surface area contributed by atoms with Crippen molar-refractivity contribution in [3.63, 3.8) is 0 Å². The molecule has 4 rings (SSSR count). The average Bonchev–Trinajstić information content (AvgIpc) is 3.07. The first kappa shape index (κ1) is 40.1. The van der Waals surface area contributed by atoms with Gasteiger partial charge in [-0.3, -0.25) is 24.0 Å². The third kappa shape index (κ3) is 11.9. The Morgan fingerprint density at radius 1 is 0.774 bits per heavy atom. The normalized spacial score (nSPS) is 19.5. The van der Waals surface area contributed by atoms with Crippen molar-refractivity contribution < 1.29 is 62.2 Å². The van der Waals surface area contributed by atoms with Crippen molar-refractivity contribution in [1.82, 2.24) is 0 Å². The molecule has 3 aromatic carbocycles. The van der Waals surface area contributed by atoms with Gasteiger partial charge in [-0.15, -0.1) is 0 Å². The minimum Gasteiger partial charge on any atom is -0.489 e. The van der Waals surface area contributed by atoms with E-state index in [0.717, 1.165) is 54.2 Å². The van der Waals surface area contributed by atoms with Gasteiger partial charge >= 0.3 is 29.8 Å². The zero-order valence-corrected chi connectivity index (χ0v) is 30.5. The fraction of sp³-hybridized carbons (Fsp3) is 0.375. The first-order valence-electron chi connectivity index (χ1n) is 17.0. The highest BCUT2D eigenvalue weighted by molar-refractivity contribution is 5.71. The number of aliphatic carboxylic acids is 1. The third-order valence-corrected chi connectivity index (χ3v) is 8.18. The molecule has 13 heteroatoms. The standard InChI is InChI=1S/C40H44O13/c1-23-17-29(13-10-14-36(45)46)15-16-31(23)19-33-24(2)18-32(48-21-30-11-8-7-9-12-30)20-34(33)52-40-39(51-28(6)44)38(50-27(5)43)37(49-26(4)42)35(53-40)22-47-25(3)41/h7-13,15-18,20,35,37-40H,14,19,21-22H2,1-6H3,(H,45,46)/b13-10+/t35-,37-,38+,39-,40-/m1/s1. The summed E-state index contributed by atoms with van der Waals surface area (Å²) in [5.74, 6) is -3.08. The van der Waals surface area contributed by atoms with Crippen LogP contribution in [-0.2, 0) is 60.7 Å². The molecule has 0 amide bonds. The first-order valence-corrected chi connectivity index (χ1v) is 17.0. The summed E-state index contributed by atoms with van der Waals surface area (Å²) >= 11 is 0. The predicted molar refractivity (Wildman–Crippen MR) is 190 cm³/mol. The topological polar surface area (TPSA) is 170 Å². The SMILES string of the molecule is CC(=O)OC[C@H]1O[C@@H](Oc2cc(OCc3ccccc3)cc(C)c2Cc2ccc(/C=C/CC(=O)O)cc2C)[C@H](OC(C)=O)[C@@H](OC(C)=O)[C@@H]1OC(C)=O. The zero-order chi connectivity index (χ0) is 38.7. The minimum absolute atomic E-state index is 0.0986. The molecule has 1 N–H and O–H groups in total. The Bertz CT molecular complexity index is 1820. The van der Waals surface area contributed by atoms with E-state index in [1.54, 1.807) is 18.2 Å². The van der Waals surface area contributed by atoms with Gasteiger partial charge in [0.15, 0.2) is 12.2 Å². The van der Waals surface area contributed by atoms with E-state index in [1.807, 2.05) is 68.4 Å². The monoisotopic (exact) mass is 732 g/mol. The van der Waals surface area contributed by atoms with E-state index < -0.39 is 67.2 Å². The maximum absolute atomic E-state index is 12.5. The molecule has 13 nitrogen and oxygen atoms in total. The molecule has 0 saturated carbocycles. The van der Waals surface area contributed by atoms with Gasteiger partial charge in [-0.2, -0.15) is 0 Å². The molecule has 0 unspecified atom stereocenters. The minimum atomic E-state index is -1.46. The molecule has 1 aliphatic heterocycles. The van der Waals surface area contributed by atoms with Gasteiger partial charge < -0.3 is 38.3 Å². The third-order valence-electron chi connectivity index (χ3n) is 8.18. The molecule has 1 saturated heterocycles. The van der Waals surface area contributed by atoms with Gasteiger partial charge in [-0.05, 0) is 47.7 Å². The number of carbonyl (C=O) groups excluding carboxylic acids is 4. The Morgan fingerprint density at radius 3 is 2.06 bits per heavy atom. The van der Waals surface area contributed by atoms with E-state index >= 15 is 0 Å². The molecule has 0 bridgehead atoms. The number of aryl methyl sites for hydroxylation is 2. The highest BCUT2D eigenvalue weighted by Gasteiger charge is 2.53. The summed E-state index contributed by atoms with van der Waals surface area (Å²) in [7, 11) is 0. The van der Waals surface area contributed by atoms with Crippen LogP contribution in [0, 0.1) is 13.8 Å². The van der Waals surface area contributed by atoms with E-state index in [9.17, 15) is 24.0 Å². The van der Waals surface area contributed by atoms with Crippen molar-refractivity contribution in [1.29, 1.82) is 0 Å². The zero-order valence-electron chi connectivity index (χ0n) is 30.5. The number of carboxylic acid groups (broad SMARTS) is 1. The molecule has 0 aliphatic carbocycles. The van der Waals surface area contributed by atoms with E-state index in [2.05, 4.69) is 0 Å². The lowest BCUT2D eigenvalue weighted by Gasteiger charge is -2.44. The summed E-state index contributed by atoms with van der Waals surface area (Å²) in [4.78, 5) is 59.8. The van der Waals surface area contributed by atoms with Crippen molar-refractivity contribution in [2.45, 2.75) is 91.7 Å². The van der Waals surface area contributed by atoms with Gasteiger partial charge in [0.1, 0.15) is 30.8 Å². The van der Waals surface area contributed by atoms with Crippen molar-refractivity contribution in [3.8, 4) is 11.5 Å². The summed E-state index contributed by atoms with van der Waals surface area (Å²) in [6.07, 6.45) is -3.25. The van der Waals surface area contributed by atoms with Crippen LogP contribution in [0.1, 0.15) is 67.5 Å². The quantitative estimate of drug-likeness (QED) is 0.155. The van der Waals surface area contributed by atoms with Gasteiger partial charge in [-0.25, -0.2) is 0 Å². The van der Waals surface area contributed by atoms with Crippen LogP contribution in [0.5, 0.6) is 11.5 Å². The molecular weight excluding hydrogens is 688 g/mol. The number of hydrogen-bond donors (Lipinski definition) is 1. The summed E-state index contributed by atoms with van der Waals surface area (Å²) in [5.41, 5.74) is 5.16. The Hall–Kier alpha value is -5.69. The second-order valence-corrected chi connectivity index (χ2v) is 12.5. The Morgan fingerprint density at radius 2 is 1.43 bits per heavy atom. The van der Waals surface area contributed by atoms with Crippen molar-refractivity contribution in [3.05, 3.63) is 100 Å². The van der Waals surface area contributed by atoms with Crippen LogP contribution >= 0.6 is 0 Å². The Labute approximate surface area is 307 Å². The van der Waals surface area contributed by atoms with Gasteiger partial charge in [0.05, 0.1) is 6.42 Å². The van der Waals surface area contributed by atoms with E-state index in [4.69, 9.17) is 38.3 Å². The van der Waals surface area contributed by atoms with Gasteiger partial charge in [0.25, 0.3) is 0 Å². The second-order valence-electron chi connectivity index (χ2n) is 12.5. The maximum Gasteiger partial charge on any atom is 0.307 e. The molecule has 1 heterocycles. The molecule has 0 radical (unpaired) electrons. The predicted octanol–water partition coefficient (Wildman–Crippen LogP) is 5.42. The van der Waals surface area contributed by atoms with E-state index in [-0.39, 0.29) is 13.0 Å². The summed E-state index contributed by atoms with van der Waals surface area (Å²) < 4.78 is 41.0. The molecule has 0 spiro atoms. The number of carboxylic acids is 1. The number of esters is 4. The average molecular weight is 733 g/mol. The molecule has 1 aliphatic rings. The van der Waals surface area contributed by atoms with Gasteiger partial charge in [0.2, 0.25) is 12.4 Å².